The van der Waals surface area contributed by atoms with Crippen LogP contribution in [0.1, 0.15) is 11.1 Å². The van der Waals surface area contributed by atoms with Crippen LogP contribution in [0.4, 0.5) is 15.8 Å². The summed E-state index contributed by atoms with van der Waals surface area (Å²) in [6.45, 7) is 2.54. The lowest BCUT2D eigenvalue weighted by Gasteiger charge is -2.11. The van der Waals surface area contributed by atoms with E-state index in [4.69, 9.17) is 15.2 Å². The Kier molecular flexibility index (Phi) is 3.10. The molecule has 2 aromatic rings. The molecule has 0 aliphatic carbocycles. The molecule has 0 unspecified atom stereocenters. The first kappa shape index (κ1) is 12.6. The lowest BCUT2D eigenvalue weighted by molar-refractivity contribution is 0.174. The van der Waals surface area contributed by atoms with Gasteiger partial charge in [0.05, 0.1) is 11.4 Å². The van der Waals surface area contributed by atoms with E-state index in [1.165, 1.54) is 6.07 Å². The van der Waals surface area contributed by atoms with Crippen molar-refractivity contribution in [3.63, 3.8) is 0 Å². The molecule has 0 spiro atoms. The molecule has 20 heavy (non-hydrogen) atoms. The van der Waals surface area contributed by atoms with E-state index in [0.717, 1.165) is 22.7 Å². The fraction of sp³-hybridized carbons (Fsp3) is 0.200. The number of nitrogen functional groups attached to an aromatic ring is 1. The van der Waals surface area contributed by atoms with Crippen LogP contribution in [0.15, 0.2) is 30.3 Å². The predicted molar refractivity (Wildman–Crippen MR) is 75.4 cm³/mol. The average molecular weight is 274 g/mol. The van der Waals surface area contributed by atoms with Crippen molar-refractivity contribution in [1.29, 1.82) is 0 Å². The third kappa shape index (κ3) is 2.34. The van der Waals surface area contributed by atoms with E-state index in [1.54, 1.807) is 13.0 Å². The first-order valence-corrected chi connectivity index (χ1v) is 6.31. The third-order valence-electron chi connectivity index (χ3n) is 3.25. The van der Waals surface area contributed by atoms with Gasteiger partial charge in [-0.3, -0.25) is 0 Å². The zero-order valence-corrected chi connectivity index (χ0v) is 11.1. The van der Waals surface area contributed by atoms with Crippen LogP contribution in [0.25, 0.3) is 0 Å². The number of benzene rings is 2. The van der Waals surface area contributed by atoms with E-state index in [-0.39, 0.29) is 12.6 Å². The summed E-state index contributed by atoms with van der Waals surface area (Å²) in [5, 5.41) is 3.20. The zero-order chi connectivity index (χ0) is 14.1. The first-order chi connectivity index (χ1) is 9.63. The fourth-order valence-corrected chi connectivity index (χ4v) is 2.10. The Morgan fingerprint density at radius 3 is 2.85 bits per heavy atom. The summed E-state index contributed by atoms with van der Waals surface area (Å²) in [7, 11) is 0. The van der Waals surface area contributed by atoms with Crippen LogP contribution in [0.3, 0.4) is 0 Å². The number of anilines is 2. The predicted octanol–water partition coefficient (Wildman–Crippen LogP) is 3.06. The molecule has 0 saturated carbocycles. The van der Waals surface area contributed by atoms with Gasteiger partial charge in [-0.1, -0.05) is 6.07 Å². The van der Waals surface area contributed by atoms with Gasteiger partial charge in [-0.2, -0.15) is 0 Å². The molecule has 104 valence electrons. The number of aryl methyl sites for hydroxylation is 1. The molecule has 1 heterocycles. The molecule has 0 atom stereocenters. The number of hydrogen-bond acceptors (Lipinski definition) is 4. The summed E-state index contributed by atoms with van der Waals surface area (Å²) in [6, 6.07) is 8.78. The van der Waals surface area contributed by atoms with Gasteiger partial charge >= 0.3 is 0 Å². The Balaban J connectivity index is 1.75. The number of nitrogens with two attached hydrogens (primary N) is 1. The van der Waals surface area contributed by atoms with Crippen molar-refractivity contribution in [2.75, 3.05) is 17.8 Å². The molecule has 3 N–H and O–H groups in total. The molecule has 0 fully saturated rings. The van der Waals surface area contributed by atoms with E-state index < -0.39 is 0 Å². The second kappa shape index (κ2) is 4.92. The van der Waals surface area contributed by atoms with Crippen LogP contribution in [0, 0.1) is 12.7 Å². The van der Waals surface area contributed by atoms with Crippen LogP contribution in [0.2, 0.25) is 0 Å². The normalized spacial score (nSPS) is 12.5. The van der Waals surface area contributed by atoms with Crippen LogP contribution >= 0.6 is 0 Å². The topological polar surface area (TPSA) is 56.5 Å². The van der Waals surface area contributed by atoms with E-state index >= 15 is 0 Å². The number of ether oxygens (including phenoxy) is 2. The SMILES string of the molecule is Cc1cc(NCc2ccc3c(c2)OCO3)c(N)cc1F. The van der Waals surface area contributed by atoms with E-state index in [1.807, 2.05) is 18.2 Å². The highest BCUT2D eigenvalue weighted by Crippen LogP contribution is 2.33. The standard InChI is InChI=1S/C15H15FN2O2/c1-9-4-13(12(17)6-11(9)16)18-7-10-2-3-14-15(5-10)20-8-19-14/h2-6,18H,7-8,17H2,1H3. The van der Waals surface area contributed by atoms with Crippen LogP contribution in [-0.4, -0.2) is 6.79 Å². The maximum Gasteiger partial charge on any atom is 0.231 e. The Labute approximate surface area is 116 Å². The molecule has 5 heteroatoms. The Bertz CT molecular complexity index is 659. The minimum atomic E-state index is -0.295. The molecule has 2 aromatic carbocycles. The highest BCUT2D eigenvalue weighted by Gasteiger charge is 2.13. The highest BCUT2D eigenvalue weighted by molar-refractivity contribution is 5.67. The van der Waals surface area contributed by atoms with Gasteiger partial charge < -0.3 is 20.5 Å². The molecular weight excluding hydrogens is 259 g/mol. The van der Waals surface area contributed by atoms with Gasteiger partial charge in [0, 0.05) is 6.54 Å². The Morgan fingerprint density at radius 1 is 1.20 bits per heavy atom. The molecule has 0 bridgehead atoms. The summed E-state index contributed by atoms with van der Waals surface area (Å²) in [6.07, 6.45) is 0. The molecule has 0 amide bonds. The highest BCUT2D eigenvalue weighted by atomic mass is 19.1. The molecule has 3 rings (SSSR count). The summed E-state index contributed by atoms with van der Waals surface area (Å²) in [5.74, 6) is 1.20. The lowest BCUT2D eigenvalue weighted by Crippen LogP contribution is -2.03. The molecular formula is C15H15FN2O2. The largest absolute Gasteiger partial charge is 0.454 e. The van der Waals surface area contributed by atoms with Gasteiger partial charge in [-0.15, -0.1) is 0 Å². The van der Waals surface area contributed by atoms with Gasteiger partial charge in [0.2, 0.25) is 6.79 Å². The number of fused-ring (bicyclic) bond motifs is 1. The maximum atomic E-state index is 13.3. The molecule has 1 aliphatic heterocycles. The summed E-state index contributed by atoms with van der Waals surface area (Å²) in [5.41, 5.74) is 8.52. The van der Waals surface area contributed by atoms with Gasteiger partial charge in [0.1, 0.15) is 5.82 Å². The van der Waals surface area contributed by atoms with Gasteiger partial charge in [0.25, 0.3) is 0 Å². The van der Waals surface area contributed by atoms with Crippen molar-refractivity contribution in [3.8, 4) is 11.5 Å². The molecule has 0 radical (unpaired) electrons. The molecule has 0 saturated heterocycles. The summed E-state index contributed by atoms with van der Waals surface area (Å²) in [4.78, 5) is 0. The first-order valence-electron chi connectivity index (χ1n) is 6.31. The summed E-state index contributed by atoms with van der Waals surface area (Å²) >= 11 is 0. The smallest absolute Gasteiger partial charge is 0.231 e. The van der Waals surface area contributed by atoms with E-state index in [9.17, 15) is 4.39 Å². The van der Waals surface area contributed by atoms with Crippen LogP contribution in [-0.2, 0) is 6.54 Å². The van der Waals surface area contributed by atoms with E-state index in [2.05, 4.69) is 5.32 Å². The summed E-state index contributed by atoms with van der Waals surface area (Å²) < 4.78 is 23.9. The number of hydrogen-bond donors (Lipinski definition) is 2. The van der Waals surface area contributed by atoms with Crippen molar-refractivity contribution in [3.05, 3.63) is 47.3 Å². The fourth-order valence-electron chi connectivity index (χ4n) is 2.10. The van der Waals surface area contributed by atoms with Crippen molar-refractivity contribution in [2.24, 2.45) is 0 Å². The average Bonchev–Trinajstić information content (AvgIpc) is 2.89. The lowest BCUT2D eigenvalue weighted by atomic mass is 10.1. The molecule has 1 aliphatic rings. The second-order valence-electron chi connectivity index (χ2n) is 4.73. The van der Waals surface area contributed by atoms with Gasteiger partial charge in [0.15, 0.2) is 11.5 Å². The van der Waals surface area contributed by atoms with Crippen LogP contribution < -0.4 is 20.5 Å². The second-order valence-corrected chi connectivity index (χ2v) is 4.73. The maximum absolute atomic E-state index is 13.3. The molecule has 0 aromatic heterocycles. The monoisotopic (exact) mass is 274 g/mol. The number of nitrogens with one attached hydrogen (secondary N) is 1. The van der Waals surface area contributed by atoms with Crippen LogP contribution in [0.5, 0.6) is 11.5 Å². The zero-order valence-electron chi connectivity index (χ0n) is 11.1. The van der Waals surface area contributed by atoms with Crippen molar-refractivity contribution < 1.29 is 13.9 Å². The van der Waals surface area contributed by atoms with E-state index in [0.29, 0.717) is 17.8 Å². The molecule has 4 nitrogen and oxygen atoms in total. The Morgan fingerprint density at radius 2 is 2.00 bits per heavy atom. The third-order valence-corrected chi connectivity index (χ3v) is 3.25. The minimum absolute atomic E-state index is 0.260. The van der Waals surface area contributed by atoms with Gasteiger partial charge in [-0.05, 0) is 42.3 Å². The number of halogens is 1. The quantitative estimate of drug-likeness (QED) is 0.845. The van der Waals surface area contributed by atoms with Gasteiger partial charge in [-0.25, -0.2) is 4.39 Å². The van der Waals surface area contributed by atoms with Crippen molar-refractivity contribution >= 4 is 11.4 Å². The van der Waals surface area contributed by atoms with Crippen molar-refractivity contribution in [1.82, 2.24) is 0 Å². The number of rotatable bonds is 3. The Hall–Kier alpha value is -2.43. The van der Waals surface area contributed by atoms with Crippen molar-refractivity contribution in [2.45, 2.75) is 13.5 Å². The minimum Gasteiger partial charge on any atom is -0.454 e.